The van der Waals surface area contributed by atoms with Crippen molar-refractivity contribution < 1.29 is 0 Å². The maximum absolute atomic E-state index is 3.37. The number of rotatable bonds is 1. The van der Waals surface area contributed by atoms with E-state index >= 15 is 0 Å². The highest BCUT2D eigenvalue weighted by molar-refractivity contribution is 14.0. The lowest BCUT2D eigenvalue weighted by molar-refractivity contribution is 0.498. The number of hydrogen-bond acceptors (Lipinski definition) is 3. The molecule has 1 aromatic rings. The van der Waals surface area contributed by atoms with E-state index in [1.807, 2.05) is 6.20 Å². The molecule has 72 valence electrons. The topological polar surface area (TPSA) is 24.1 Å². The molecule has 1 atom stereocenters. The molecule has 1 aliphatic heterocycles. The first kappa shape index (κ1) is 11.0. The average molecular weight is 308 g/mol. The number of nitrogens with one attached hydrogen (secondary N) is 2. The summed E-state index contributed by atoms with van der Waals surface area (Å²) in [6.45, 7) is 3.11. The van der Waals surface area contributed by atoms with Gasteiger partial charge in [0.1, 0.15) is 6.17 Å². The summed E-state index contributed by atoms with van der Waals surface area (Å²) in [7, 11) is 0. The molecule has 2 heterocycles. The van der Waals surface area contributed by atoms with Gasteiger partial charge in [-0.3, -0.25) is 5.32 Å². The summed E-state index contributed by atoms with van der Waals surface area (Å²) < 4.78 is 0. The van der Waals surface area contributed by atoms with E-state index in [2.05, 4.69) is 35.1 Å². The molecule has 0 spiro atoms. The largest absolute Gasteiger partial charge is 0.372 e. The molecule has 0 fully saturated rings. The van der Waals surface area contributed by atoms with Crippen molar-refractivity contribution in [2.24, 2.45) is 0 Å². The lowest BCUT2D eigenvalue weighted by Gasteiger charge is -2.21. The molecule has 0 bridgehead atoms. The number of aryl methyl sites for hydroxylation is 1. The highest BCUT2D eigenvalue weighted by Gasteiger charge is 2.12. The van der Waals surface area contributed by atoms with Crippen molar-refractivity contribution >= 4 is 35.3 Å². The van der Waals surface area contributed by atoms with Gasteiger partial charge in [0.05, 0.1) is 0 Å². The van der Waals surface area contributed by atoms with Crippen LogP contribution in [0.5, 0.6) is 0 Å². The van der Waals surface area contributed by atoms with E-state index in [9.17, 15) is 0 Å². The summed E-state index contributed by atoms with van der Waals surface area (Å²) in [5, 5.41) is 8.78. The normalized spacial score (nSPS) is 20.5. The van der Waals surface area contributed by atoms with Crippen molar-refractivity contribution in [3.63, 3.8) is 0 Å². The minimum absolute atomic E-state index is 0. The summed E-state index contributed by atoms with van der Waals surface area (Å²) in [5.41, 5.74) is 1.37. The molecule has 0 aliphatic carbocycles. The molecule has 1 aromatic heterocycles. The fraction of sp³-hybridized carbons (Fsp3) is 0.333. The van der Waals surface area contributed by atoms with E-state index < -0.39 is 0 Å². The lowest BCUT2D eigenvalue weighted by atomic mass is 10.2. The van der Waals surface area contributed by atoms with Gasteiger partial charge in [-0.15, -0.1) is 35.3 Å². The Kier molecular flexibility index (Phi) is 4.21. The van der Waals surface area contributed by atoms with Gasteiger partial charge in [0.15, 0.2) is 0 Å². The van der Waals surface area contributed by atoms with Crippen LogP contribution in [0, 0.1) is 6.92 Å². The van der Waals surface area contributed by atoms with Crippen LogP contribution < -0.4 is 10.6 Å². The first-order chi connectivity index (χ1) is 5.88. The molecule has 2 N–H and O–H groups in total. The lowest BCUT2D eigenvalue weighted by Crippen LogP contribution is -2.34. The third-order valence-corrected chi connectivity index (χ3v) is 2.89. The predicted molar refractivity (Wildman–Crippen MR) is 67.5 cm³/mol. The number of thiophene rings is 1. The highest BCUT2D eigenvalue weighted by Crippen LogP contribution is 2.21. The molecule has 0 saturated heterocycles. The molecule has 0 aromatic carbocycles. The van der Waals surface area contributed by atoms with Crippen molar-refractivity contribution in [2.45, 2.75) is 13.1 Å². The standard InChI is InChI=1S/C9H12N2S.HI/c1-7-8(3-6-12-7)9-10-4-2-5-11-9;/h2-4,6,9-11H,5H2,1H3;1H. The SMILES string of the molecule is Cc1sccc1C1NC=CCN1.I. The van der Waals surface area contributed by atoms with Crippen LogP contribution in [0.25, 0.3) is 0 Å². The van der Waals surface area contributed by atoms with Gasteiger partial charge in [0.25, 0.3) is 0 Å². The van der Waals surface area contributed by atoms with Gasteiger partial charge in [0, 0.05) is 17.0 Å². The second-order valence-electron chi connectivity index (χ2n) is 2.84. The molecule has 1 unspecified atom stereocenters. The maximum Gasteiger partial charge on any atom is 0.104 e. The quantitative estimate of drug-likeness (QED) is 0.779. The van der Waals surface area contributed by atoms with Gasteiger partial charge in [0.2, 0.25) is 0 Å². The third kappa shape index (κ3) is 2.45. The maximum atomic E-state index is 3.37. The highest BCUT2D eigenvalue weighted by atomic mass is 127. The summed E-state index contributed by atoms with van der Waals surface area (Å²) >= 11 is 1.79. The van der Waals surface area contributed by atoms with Gasteiger partial charge in [-0.05, 0) is 24.6 Å². The Morgan fingerprint density at radius 3 is 2.92 bits per heavy atom. The molecule has 0 amide bonds. The first-order valence-corrected chi connectivity index (χ1v) is 4.94. The minimum Gasteiger partial charge on any atom is -0.372 e. The zero-order chi connectivity index (χ0) is 8.39. The fourth-order valence-electron chi connectivity index (χ4n) is 1.36. The molecule has 0 radical (unpaired) electrons. The third-order valence-electron chi connectivity index (χ3n) is 2.03. The molecule has 4 heteroatoms. The van der Waals surface area contributed by atoms with Crippen molar-refractivity contribution in [1.82, 2.24) is 10.6 Å². The van der Waals surface area contributed by atoms with Gasteiger partial charge in [-0.2, -0.15) is 0 Å². The Hall–Kier alpha value is -0.0700. The van der Waals surface area contributed by atoms with Crippen molar-refractivity contribution in [3.05, 3.63) is 34.2 Å². The van der Waals surface area contributed by atoms with Crippen LogP contribution in [0.15, 0.2) is 23.7 Å². The molecular weight excluding hydrogens is 295 g/mol. The number of halogens is 1. The summed E-state index contributed by atoms with van der Waals surface area (Å²) in [6.07, 6.45) is 4.40. The van der Waals surface area contributed by atoms with E-state index in [0.29, 0.717) is 6.17 Å². The second kappa shape index (κ2) is 4.97. The zero-order valence-corrected chi connectivity index (χ0v) is 10.6. The Labute approximate surface area is 99.4 Å². The van der Waals surface area contributed by atoms with Crippen LogP contribution >= 0.6 is 35.3 Å². The zero-order valence-electron chi connectivity index (χ0n) is 7.41. The van der Waals surface area contributed by atoms with Gasteiger partial charge < -0.3 is 5.32 Å². The van der Waals surface area contributed by atoms with Gasteiger partial charge in [-0.25, -0.2) is 0 Å². The molecule has 2 nitrogen and oxygen atoms in total. The van der Waals surface area contributed by atoms with Crippen molar-refractivity contribution in [2.75, 3.05) is 6.54 Å². The Bertz CT molecular complexity index is 296. The molecule has 0 saturated carbocycles. The second-order valence-corrected chi connectivity index (χ2v) is 3.96. The summed E-state index contributed by atoms with van der Waals surface area (Å²) in [4.78, 5) is 1.38. The summed E-state index contributed by atoms with van der Waals surface area (Å²) in [6, 6.07) is 2.17. The molecule has 2 rings (SSSR count). The molecular formula is C9H13IN2S. The average Bonchev–Trinajstić information content (AvgIpc) is 2.53. The monoisotopic (exact) mass is 308 g/mol. The Balaban J connectivity index is 0.000000845. The Morgan fingerprint density at radius 2 is 2.38 bits per heavy atom. The van der Waals surface area contributed by atoms with E-state index in [1.54, 1.807) is 11.3 Å². The van der Waals surface area contributed by atoms with E-state index in [0.717, 1.165) is 6.54 Å². The molecule has 13 heavy (non-hydrogen) atoms. The fourth-order valence-corrected chi connectivity index (χ4v) is 2.10. The van der Waals surface area contributed by atoms with Gasteiger partial charge >= 0.3 is 0 Å². The van der Waals surface area contributed by atoms with E-state index in [1.165, 1.54) is 10.4 Å². The first-order valence-electron chi connectivity index (χ1n) is 4.06. The predicted octanol–water partition coefficient (Wildman–Crippen LogP) is 2.38. The van der Waals surface area contributed by atoms with Crippen LogP contribution in [0.1, 0.15) is 16.6 Å². The van der Waals surface area contributed by atoms with Crippen LogP contribution in [0.2, 0.25) is 0 Å². The van der Waals surface area contributed by atoms with Crippen LogP contribution in [0.3, 0.4) is 0 Å². The van der Waals surface area contributed by atoms with Crippen LogP contribution in [0.4, 0.5) is 0 Å². The van der Waals surface area contributed by atoms with Crippen molar-refractivity contribution in [1.29, 1.82) is 0 Å². The smallest absolute Gasteiger partial charge is 0.104 e. The van der Waals surface area contributed by atoms with Crippen LogP contribution in [-0.4, -0.2) is 6.54 Å². The summed E-state index contributed by atoms with van der Waals surface area (Å²) in [5.74, 6) is 0. The van der Waals surface area contributed by atoms with Gasteiger partial charge in [-0.1, -0.05) is 6.08 Å². The van der Waals surface area contributed by atoms with Crippen LogP contribution in [-0.2, 0) is 0 Å². The van der Waals surface area contributed by atoms with Crippen molar-refractivity contribution in [3.8, 4) is 0 Å². The minimum atomic E-state index is 0. The Morgan fingerprint density at radius 1 is 1.54 bits per heavy atom. The van der Waals surface area contributed by atoms with E-state index in [-0.39, 0.29) is 24.0 Å². The van der Waals surface area contributed by atoms with E-state index in [4.69, 9.17) is 0 Å². The number of hydrogen-bond donors (Lipinski definition) is 2. The molecule has 1 aliphatic rings.